The number of carbonyl (C=O) groups is 1. The SMILES string of the molecule is CC(C)(C)OC(=O)N1CCN(Cc2ccc(B3OC(C)(C)C(C)(C)O3)s2)CC1. The second-order valence-corrected chi connectivity index (χ2v) is 10.8. The third-order valence-electron chi connectivity index (χ3n) is 5.57. The standard InChI is InChI=1S/C20H33BN2O4S/c1-18(2,3)25-17(24)23-12-10-22(11-13-23)14-15-8-9-16(28-15)21-26-19(4,5)20(6,7)27-21/h8-9H,10-14H2,1-7H3. The maximum absolute atomic E-state index is 12.2. The van der Waals surface area contributed by atoms with Crippen LogP contribution in [0, 0.1) is 0 Å². The molecular formula is C20H33BN2O4S. The van der Waals surface area contributed by atoms with Crippen molar-refractivity contribution in [1.29, 1.82) is 0 Å². The number of nitrogens with zero attached hydrogens (tertiary/aromatic N) is 2. The molecule has 2 saturated heterocycles. The van der Waals surface area contributed by atoms with Crippen LogP contribution in [0.5, 0.6) is 0 Å². The average Bonchev–Trinajstić information content (AvgIpc) is 3.09. The summed E-state index contributed by atoms with van der Waals surface area (Å²) in [5, 5.41) is 0. The van der Waals surface area contributed by atoms with Crippen LogP contribution in [0.4, 0.5) is 4.79 Å². The Kier molecular flexibility index (Phi) is 5.89. The van der Waals surface area contributed by atoms with E-state index in [9.17, 15) is 4.79 Å². The summed E-state index contributed by atoms with van der Waals surface area (Å²) in [7, 11) is -0.298. The first-order valence-corrected chi connectivity index (χ1v) is 10.8. The number of ether oxygens (including phenoxy) is 1. The predicted octanol–water partition coefficient (Wildman–Crippen LogP) is 3.10. The highest BCUT2D eigenvalue weighted by molar-refractivity contribution is 7.22. The first kappa shape index (κ1) is 21.6. The van der Waals surface area contributed by atoms with Crippen LogP contribution in [-0.2, 0) is 20.6 Å². The Morgan fingerprint density at radius 1 is 1.11 bits per heavy atom. The summed E-state index contributed by atoms with van der Waals surface area (Å²) in [6, 6.07) is 4.27. The van der Waals surface area contributed by atoms with E-state index in [1.807, 2.05) is 20.8 Å². The Hall–Kier alpha value is -1.09. The highest BCUT2D eigenvalue weighted by Gasteiger charge is 2.52. The molecule has 8 heteroatoms. The first-order valence-electron chi connectivity index (χ1n) is 10.0. The van der Waals surface area contributed by atoms with E-state index in [-0.39, 0.29) is 24.4 Å². The molecule has 0 aromatic carbocycles. The molecule has 2 aliphatic rings. The van der Waals surface area contributed by atoms with Crippen LogP contribution in [-0.4, -0.2) is 66.0 Å². The van der Waals surface area contributed by atoms with E-state index in [0.29, 0.717) is 13.1 Å². The summed E-state index contributed by atoms with van der Waals surface area (Å²) in [6.07, 6.45) is -0.216. The molecule has 3 heterocycles. The first-order chi connectivity index (χ1) is 12.9. The van der Waals surface area contributed by atoms with Gasteiger partial charge in [-0.1, -0.05) is 6.07 Å². The van der Waals surface area contributed by atoms with Crippen LogP contribution >= 0.6 is 11.3 Å². The van der Waals surface area contributed by atoms with E-state index in [2.05, 4.69) is 44.7 Å². The topological polar surface area (TPSA) is 51.2 Å². The zero-order chi connectivity index (χ0) is 20.7. The molecule has 0 unspecified atom stereocenters. The van der Waals surface area contributed by atoms with Gasteiger partial charge in [-0.05, 0) is 54.5 Å². The van der Waals surface area contributed by atoms with Crippen LogP contribution in [0.25, 0.3) is 0 Å². The van der Waals surface area contributed by atoms with Crippen molar-refractivity contribution >= 4 is 29.3 Å². The van der Waals surface area contributed by atoms with Gasteiger partial charge in [-0.2, -0.15) is 0 Å². The van der Waals surface area contributed by atoms with E-state index >= 15 is 0 Å². The fraction of sp³-hybridized carbons (Fsp3) is 0.750. The molecular weight excluding hydrogens is 375 g/mol. The van der Waals surface area contributed by atoms with Crippen LogP contribution in [0.1, 0.15) is 53.3 Å². The van der Waals surface area contributed by atoms with E-state index in [1.54, 1.807) is 16.2 Å². The third kappa shape index (κ3) is 4.90. The second-order valence-electron chi connectivity index (χ2n) is 9.64. The minimum atomic E-state index is -0.449. The molecule has 28 heavy (non-hydrogen) atoms. The molecule has 3 rings (SSSR count). The van der Waals surface area contributed by atoms with Gasteiger partial charge in [0, 0.05) is 42.4 Å². The second kappa shape index (κ2) is 7.63. The summed E-state index contributed by atoms with van der Waals surface area (Å²) >= 11 is 1.74. The highest BCUT2D eigenvalue weighted by Crippen LogP contribution is 2.37. The van der Waals surface area contributed by atoms with Crippen LogP contribution < -0.4 is 4.78 Å². The minimum Gasteiger partial charge on any atom is -0.444 e. The third-order valence-corrected chi connectivity index (χ3v) is 6.66. The van der Waals surface area contributed by atoms with Crippen molar-refractivity contribution in [1.82, 2.24) is 9.80 Å². The number of hydrogen-bond donors (Lipinski definition) is 0. The van der Waals surface area contributed by atoms with Gasteiger partial charge >= 0.3 is 13.2 Å². The van der Waals surface area contributed by atoms with Crippen LogP contribution in [0.15, 0.2) is 12.1 Å². The van der Waals surface area contributed by atoms with Crippen LogP contribution in [0.3, 0.4) is 0 Å². The van der Waals surface area contributed by atoms with Crippen molar-refractivity contribution < 1.29 is 18.8 Å². The zero-order valence-electron chi connectivity index (χ0n) is 18.2. The molecule has 0 spiro atoms. The number of amides is 1. The van der Waals surface area contributed by atoms with Gasteiger partial charge in [-0.25, -0.2) is 4.79 Å². The molecule has 0 atom stereocenters. The van der Waals surface area contributed by atoms with E-state index in [0.717, 1.165) is 24.4 Å². The number of thiophene rings is 1. The van der Waals surface area contributed by atoms with Crippen molar-refractivity contribution in [2.75, 3.05) is 26.2 Å². The zero-order valence-corrected chi connectivity index (χ0v) is 19.0. The summed E-state index contributed by atoms with van der Waals surface area (Å²) in [4.78, 5) is 17.7. The smallest absolute Gasteiger partial charge is 0.444 e. The van der Waals surface area contributed by atoms with Crippen molar-refractivity contribution in [3.63, 3.8) is 0 Å². The van der Waals surface area contributed by atoms with E-state index < -0.39 is 5.60 Å². The minimum absolute atomic E-state index is 0.216. The molecule has 0 bridgehead atoms. The molecule has 0 aliphatic carbocycles. The summed E-state index contributed by atoms with van der Waals surface area (Å²) in [5.41, 5.74) is -1.09. The molecule has 1 amide bonds. The molecule has 0 saturated carbocycles. The Balaban J connectivity index is 1.51. The maximum Gasteiger partial charge on any atom is 0.505 e. The Morgan fingerprint density at radius 2 is 1.68 bits per heavy atom. The maximum atomic E-state index is 12.2. The summed E-state index contributed by atoms with van der Waals surface area (Å²) in [5.74, 6) is 0. The van der Waals surface area contributed by atoms with Gasteiger partial charge in [-0.3, -0.25) is 4.90 Å². The molecule has 0 N–H and O–H groups in total. The molecule has 2 fully saturated rings. The lowest BCUT2D eigenvalue weighted by Gasteiger charge is -2.35. The van der Waals surface area contributed by atoms with Crippen molar-refractivity contribution in [2.45, 2.75) is 71.8 Å². The van der Waals surface area contributed by atoms with Gasteiger partial charge in [0.05, 0.1) is 11.2 Å². The molecule has 1 aromatic heterocycles. The summed E-state index contributed by atoms with van der Waals surface area (Å²) in [6.45, 7) is 18.0. The van der Waals surface area contributed by atoms with Crippen molar-refractivity contribution in [3.8, 4) is 0 Å². The lowest BCUT2D eigenvalue weighted by atomic mass is 9.88. The fourth-order valence-corrected chi connectivity index (χ4v) is 4.22. The summed E-state index contributed by atoms with van der Waals surface area (Å²) < 4.78 is 18.9. The van der Waals surface area contributed by atoms with Crippen molar-refractivity contribution in [3.05, 3.63) is 17.0 Å². The van der Waals surface area contributed by atoms with Gasteiger partial charge in [0.2, 0.25) is 0 Å². The van der Waals surface area contributed by atoms with Gasteiger partial charge in [0.25, 0.3) is 0 Å². The Labute approximate surface area is 173 Å². The van der Waals surface area contributed by atoms with E-state index in [1.165, 1.54) is 4.88 Å². The average molecular weight is 408 g/mol. The largest absolute Gasteiger partial charge is 0.505 e. The monoisotopic (exact) mass is 408 g/mol. The lowest BCUT2D eigenvalue weighted by molar-refractivity contribution is 0.00578. The normalized spacial score (nSPS) is 22.5. The van der Waals surface area contributed by atoms with Crippen LogP contribution in [0.2, 0.25) is 0 Å². The number of carbonyl (C=O) groups excluding carboxylic acids is 1. The van der Waals surface area contributed by atoms with Crippen molar-refractivity contribution in [2.24, 2.45) is 0 Å². The molecule has 156 valence electrons. The van der Waals surface area contributed by atoms with Gasteiger partial charge in [-0.15, -0.1) is 11.3 Å². The van der Waals surface area contributed by atoms with E-state index in [4.69, 9.17) is 14.0 Å². The Morgan fingerprint density at radius 3 is 2.21 bits per heavy atom. The van der Waals surface area contributed by atoms with Gasteiger partial charge < -0.3 is 18.9 Å². The number of piperazine rings is 1. The van der Waals surface area contributed by atoms with Gasteiger partial charge in [0.15, 0.2) is 0 Å². The predicted molar refractivity (Wildman–Crippen MR) is 113 cm³/mol. The molecule has 0 radical (unpaired) electrons. The quantitative estimate of drug-likeness (QED) is 0.720. The molecule has 2 aliphatic heterocycles. The van der Waals surface area contributed by atoms with Gasteiger partial charge in [0.1, 0.15) is 5.60 Å². The molecule has 1 aromatic rings. The number of hydrogen-bond acceptors (Lipinski definition) is 6. The molecule has 6 nitrogen and oxygen atoms in total. The fourth-order valence-electron chi connectivity index (χ4n) is 3.20. The number of rotatable bonds is 3. The lowest BCUT2D eigenvalue weighted by Crippen LogP contribution is -2.49. The highest BCUT2D eigenvalue weighted by atomic mass is 32.1. The Bertz CT molecular complexity index is 689.